The molecule has 0 spiro atoms. The van der Waals surface area contributed by atoms with Crippen molar-refractivity contribution in [3.63, 3.8) is 0 Å². The maximum Gasteiger partial charge on any atom is 0.184 e. The topological polar surface area (TPSA) is 33.0 Å². The second kappa shape index (κ2) is 6.48. The molecule has 0 aliphatic heterocycles. The van der Waals surface area contributed by atoms with E-state index >= 15 is 0 Å². The average Bonchev–Trinajstić information content (AvgIpc) is 2.31. The first-order valence-corrected chi connectivity index (χ1v) is 5.67. The number of hydrogen-bond donors (Lipinski definition) is 0. The lowest BCUT2D eigenvalue weighted by Crippen LogP contribution is -2.02. The zero-order valence-electron chi connectivity index (χ0n) is 9.08. The number of alkyl halides is 1. The van der Waals surface area contributed by atoms with Crippen molar-refractivity contribution >= 4 is 23.2 Å². The molecular formula is C12H10Cl2FNO. The zero-order chi connectivity index (χ0) is 12.8. The van der Waals surface area contributed by atoms with E-state index in [1.54, 1.807) is 25.1 Å². The number of nitriles is 1. The third-order valence-electron chi connectivity index (χ3n) is 2.02. The van der Waals surface area contributed by atoms with E-state index in [0.717, 1.165) is 6.08 Å². The Labute approximate surface area is 109 Å². The summed E-state index contributed by atoms with van der Waals surface area (Å²) in [5, 5.41) is 8.94. The molecule has 1 aromatic carbocycles. The molecule has 0 saturated heterocycles. The van der Waals surface area contributed by atoms with Crippen LogP contribution in [0.25, 0.3) is 0 Å². The van der Waals surface area contributed by atoms with Crippen molar-refractivity contribution in [3.8, 4) is 6.07 Å². The highest BCUT2D eigenvalue weighted by Crippen LogP contribution is 2.35. The van der Waals surface area contributed by atoms with Crippen molar-refractivity contribution in [1.29, 1.82) is 5.26 Å². The molecule has 2 nitrogen and oxygen atoms in total. The number of hydrogen-bond acceptors (Lipinski definition) is 2. The van der Waals surface area contributed by atoms with Crippen LogP contribution in [-0.4, -0.2) is 6.61 Å². The maximum atomic E-state index is 14.1. The Balaban J connectivity index is 3.10. The van der Waals surface area contributed by atoms with Crippen molar-refractivity contribution in [2.75, 3.05) is 6.61 Å². The van der Waals surface area contributed by atoms with Gasteiger partial charge in [0.05, 0.1) is 28.8 Å². The average molecular weight is 274 g/mol. The molecule has 0 radical (unpaired) electrons. The number of rotatable bonds is 4. The Morgan fingerprint density at radius 1 is 1.59 bits per heavy atom. The quantitative estimate of drug-likeness (QED) is 0.600. The summed E-state index contributed by atoms with van der Waals surface area (Å²) in [7, 11) is 0. The van der Waals surface area contributed by atoms with Gasteiger partial charge in [-0.15, -0.1) is 0 Å². The van der Waals surface area contributed by atoms with Gasteiger partial charge in [-0.05, 0) is 13.0 Å². The monoisotopic (exact) mass is 273 g/mol. The van der Waals surface area contributed by atoms with Gasteiger partial charge in [0.2, 0.25) is 0 Å². The molecule has 1 rings (SSSR count). The smallest absolute Gasteiger partial charge is 0.184 e. The lowest BCUT2D eigenvalue weighted by Gasteiger charge is -2.14. The molecule has 1 aromatic rings. The molecule has 5 heteroatoms. The number of halogens is 3. The summed E-state index contributed by atoms with van der Waals surface area (Å²) in [5.41, 5.74) is 0.189. The first-order chi connectivity index (χ1) is 8.11. The Bertz CT molecular complexity index is 468. The molecule has 0 saturated carbocycles. The summed E-state index contributed by atoms with van der Waals surface area (Å²) in [6.45, 7) is 1.98. The SMILES string of the molecule is CCOC(=CC#N)C(F)c1cccc(Cl)c1Cl. The van der Waals surface area contributed by atoms with Gasteiger partial charge in [0, 0.05) is 5.56 Å². The van der Waals surface area contributed by atoms with Gasteiger partial charge in [-0.2, -0.15) is 5.26 Å². The number of benzene rings is 1. The standard InChI is InChI=1S/C12H10Cl2FNO/c1-2-17-10(6-7-16)12(15)8-4-3-5-9(13)11(8)14/h3-6,12H,2H2,1H3. The van der Waals surface area contributed by atoms with Crippen LogP contribution < -0.4 is 0 Å². The second-order valence-corrected chi connectivity index (χ2v) is 3.90. The highest BCUT2D eigenvalue weighted by Gasteiger charge is 2.21. The van der Waals surface area contributed by atoms with Gasteiger partial charge in [0.15, 0.2) is 6.17 Å². The molecule has 0 fully saturated rings. The molecule has 1 atom stereocenters. The first kappa shape index (κ1) is 13.8. The molecular weight excluding hydrogens is 264 g/mol. The van der Waals surface area contributed by atoms with Crippen LogP contribution in [0.15, 0.2) is 30.0 Å². The molecule has 0 bridgehead atoms. The van der Waals surface area contributed by atoms with Crippen LogP contribution in [0.1, 0.15) is 18.7 Å². The van der Waals surface area contributed by atoms with Gasteiger partial charge >= 0.3 is 0 Å². The molecule has 0 amide bonds. The minimum atomic E-state index is -1.60. The molecule has 0 aromatic heterocycles. The molecule has 0 aliphatic rings. The summed E-state index contributed by atoms with van der Waals surface area (Å²) in [5.74, 6) is -0.0702. The normalized spacial score (nSPS) is 13.0. The van der Waals surface area contributed by atoms with E-state index < -0.39 is 6.17 Å². The summed E-state index contributed by atoms with van der Waals surface area (Å²) < 4.78 is 19.2. The summed E-state index contributed by atoms with van der Waals surface area (Å²) >= 11 is 11.7. The Morgan fingerprint density at radius 2 is 2.29 bits per heavy atom. The van der Waals surface area contributed by atoms with E-state index in [0.29, 0.717) is 0 Å². The second-order valence-electron chi connectivity index (χ2n) is 3.11. The van der Waals surface area contributed by atoms with Crippen LogP contribution in [0.3, 0.4) is 0 Å². The summed E-state index contributed by atoms with van der Waals surface area (Å²) in [4.78, 5) is 0. The fourth-order valence-corrected chi connectivity index (χ4v) is 1.69. The van der Waals surface area contributed by atoms with E-state index in [4.69, 9.17) is 33.2 Å². The molecule has 90 valence electrons. The molecule has 17 heavy (non-hydrogen) atoms. The Kier molecular flexibility index (Phi) is 5.27. The maximum absolute atomic E-state index is 14.1. The molecule has 0 heterocycles. The molecule has 0 N–H and O–H groups in total. The van der Waals surface area contributed by atoms with Gasteiger partial charge in [-0.1, -0.05) is 35.3 Å². The first-order valence-electron chi connectivity index (χ1n) is 4.92. The summed E-state index contributed by atoms with van der Waals surface area (Å²) in [6.07, 6.45) is -0.577. The van der Waals surface area contributed by atoms with Gasteiger partial charge in [-0.25, -0.2) is 4.39 Å². The predicted octanol–water partition coefficient (Wildman–Crippen LogP) is 4.45. The van der Waals surface area contributed by atoms with E-state index in [2.05, 4.69) is 0 Å². The van der Waals surface area contributed by atoms with Crippen LogP contribution in [0.2, 0.25) is 10.0 Å². The van der Waals surface area contributed by atoms with E-state index in [9.17, 15) is 4.39 Å². The van der Waals surface area contributed by atoms with Crippen molar-refractivity contribution < 1.29 is 9.13 Å². The van der Waals surface area contributed by atoms with Gasteiger partial charge in [0.25, 0.3) is 0 Å². The molecule has 0 aliphatic carbocycles. The number of ether oxygens (including phenoxy) is 1. The zero-order valence-corrected chi connectivity index (χ0v) is 10.6. The third-order valence-corrected chi connectivity index (χ3v) is 2.86. The van der Waals surface area contributed by atoms with Gasteiger partial charge in [0.1, 0.15) is 5.76 Å². The van der Waals surface area contributed by atoms with Crippen LogP contribution >= 0.6 is 23.2 Å². The van der Waals surface area contributed by atoms with Crippen LogP contribution in [0.4, 0.5) is 4.39 Å². The van der Waals surface area contributed by atoms with Crippen LogP contribution in [0, 0.1) is 11.3 Å². The van der Waals surface area contributed by atoms with Gasteiger partial charge < -0.3 is 4.74 Å². The van der Waals surface area contributed by atoms with Crippen molar-refractivity contribution in [2.24, 2.45) is 0 Å². The van der Waals surface area contributed by atoms with E-state index in [1.165, 1.54) is 6.07 Å². The highest BCUT2D eigenvalue weighted by molar-refractivity contribution is 6.42. The lowest BCUT2D eigenvalue weighted by molar-refractivity contribution is 0.167. The minimum absolute atomic E-state index is 0.0702. The fourth-order valence-electron chi connectivity index (χ4n) is 1.29. The van der Waals surface area contributed by atoms with Crippen LogP contribution in [0.5, 0.6) is 0 Å². The highest BCUT2D eigenvalue weighted by atomic mass is 35.5. The van der Waals surface area contributed by atoms with Crippen molar-refractivity contribution in [2.45, 2.75) is 13.1 Å². The molecule has 1 unspecified atom stereocenters. The summed E-state index contributed by atoms with van der Waals surface area (Å²) in [6, 6.07) is 6.39. The van der Waals surface area contributed by atoms with Crippen molar-refractivity contribution in [1.82, 2.24) is 0 Å². The van der Waals surface area contributed by atoms with Crippen molar-refractivity contribution in [3.05, 3.63) is 45.6 Å². The fraction of sp³-hybridized carbons (Fsp3) is 0.250. The number of allylic oxidation sites excluding steroid dienone is 2. The third kappa shape index (κ3) is 3.36. The largest absolute Gasteiger partial charge is 0.494 e. The Hall–Kier alpha value is -1.24. The lowest BCUT2D eigenvalue weighted by atomic mass is 10.1. The van der Waals surface area contributed by atoms with Gasteiger partial charge in [-0.3, -0.25) is 0 Å². The van der Waals surface area contributed by atoms with Crippen LogP contribution in [-0.2, 0) is 4.74 Å². The number of nitrogens with zero attached hydrogens (tertiary/aromatic N) is 1. The predicted molar refractivity (Wildman–Crippen MR) is 65.6 cm³/mol. The van der Waals surface area contributed by atoms with E-state index in [1.807, 2.05) is 0 Å². The van der Waals surface area contributed by atoms with E-state index in [-0.39, 0.29) is 28.0 Å². The Morgan fingerprint density at radius 3 is 2.88 bits per heavy atom. The minimum Gasteiger partial charge on any atom is -0.494 e.